The van der Waals surface area contributed by atoms with E-state index in [1.54, 1.807) is 0 Å². The van der Waals surface area contributed by atoms with Gasteiger partial charge in [-0.15, -0.1) is 0 Å². The van der Waals surface area contributed by atoms with E-state index < -0.39 is 12.3 Å². The first kappa shape index (κ1) is 21.0. The number of rotatable bonds is 8. The summed E-state index contributed by atoms with van der Waals surface area (Å²) >= 11 is 0. The van der Waals surface area contributed by atoms with Crippen molar-refractivity contribution in [3.8, 4) is 0 Å². The van der Waals surface area contributed by atoms with Crippen LogP contribution in [0.15, 0.2) is 54.6 Å². The second-order valence-electron chi connectivity index (χ2n) is 8.39. The molecule has 1 nitrogen and oxygen atoms in total. The van der Waals surface area contributed by atoms with Crippen LogP contribution in [0.25, 0.3) is 0 Å². The van der Waals surface area contributed by atoms with E-state index >= 15 is 0 Å². The number of nitrogens with zero attached hydrogens (tertiary/aromatic N) is 1. The van der Waals surface area contributed by atoms with Crippen molar-refractivity contribution in [3.05, 3.63) is 71.3 Å². The van der Waals surface area contributed by atoms with Crippen molar-refractivity contribution in [2.24, 2.45) is 0 Å². The van der Waals surface area contributed by atoms with Crippen LogP contribution in [0.3, 0.4) is 0 Å². The first-order valence-corrected chi connectivity index (χ1v) is 10.6. The van der Waals surface area contributed by atoms with Gasteiger partial charge in [0.25, 0.3) is 0 Å². The molecule has 0 radical (unpaired) electrons. The summed E-state index contributed by atoms with van der Waals surface area (Å²) in [4.78, 5) is 2.43. The van der Waals surface area contributed by atoms with Gasteiger partial charge in [-0.1, -0.05) is 54.6 Å². The molecule has 4 atom stereocenters. The molecule has 1 aliphatic rings. The lowest BCUT2D eigenvalue weighted by molar-refractivity contribution is 0.108. The molecule has 1 fully saturated rings. The Balaban J connectivity index is 1.43. The zero-order valence-electron chi connectivity index (χ0n) is 17.2. The molecule has 1 saturated carbocycles. The first-order chi connectivity index (χ1) is 13.5. The maximum Gasteiger partial charge on any atom is 0.132 e. The second kappa shape index (κ2) is 10.2. The molecular formula is C25H33F2N. The second-order valence-corrected chi connectivity index (χ2v) is 8.39. The molecule has 0 spiro atoms. The summed E-state index contributed by atoms with van der Waals surface area (Å²) in [6, 6.07) is 19.7. The van der Waals surface area contributed by atoms with Crippen molar-refractivity contribution in [1.29, 1.82) is 0 Å². The van der Waals surface area contributed by atoms with Crippen LogP contribution in [0, 0.1) is 0 Å². The number of alkyl halides is 2. The van der Waals surface area contributed by atoms with Gasteiger partial charge in [-0.2, -0.15) is 0 Å². The maximum atomic E-state index is 13.7. The molecule has 0 saturated heterocycles. The van der Waals surface area contributed by atoms with E-state index in [2.05, 4.69) is 73.5 Å². The van der Waals surface area contributed by atoms with Gasteiger partial charge in [-0.25, -0.2) is 8.78 Å². The van der Waals surface area contributed by atoms with Crippen LogP contribution >= 0.6 is 0 Å². The molecule has 3 heteroatoms. The van der Waals surface area contributed by atoms with Gasteiger partial charge in [-0.3, -0.25) is 0 Å². The van der Waals surface area contributed by atoms with Crippen LogP contribution in [0.4, 0.5) is 8.78 Å². The Morgan fingerprint density at radius 3 is 2.25 bits per heavy atom. The van der Waals surface area contributed by atoms with Gasteiger partial charge in [0.2, 0.25) is 0 Å². The maximum absolute atomic E-state index is 13.7. The highest BCUT2D eigenvalue weighted by atomic mass is 19.2. The molecule has 28 heavy (non-hydrogen) atoms. The van der Waals surface area contributed by atoms with Crippen LogP contribution in [-0.2, 0) is 12.8 Å². The Hall–Kier alpha value is -1.74. The standard InChI is InChI=1S/C25H33F2N/c1-19(28(2)17-16-20-6-4-3-5-7-20)8-9-21-10-12-22(13-11-21)23-14-15-24(26)25(27)18-23/h3-7,10-13,19,23-25H,8-9,14-18H2,1-2H3. The molecule has 0 aromatic heterocycles. The van der Waals surface area contributed by atoms with Crippen molar-refractivity contribution in [1.82, 2.24) is 4.90 Å². The monoisotopic (exact) mass is 385 g/mol. The zero-order chi connectivity index (χ0) is 19.9. The Morgan fingerprint density at radius 2 is 1.57 bits per heavy atom. The highest BCUT2D eigenvalue weighted by Gasteiger charge is 2.31. The molecule has 2 aromatic rings. The van der Waals surface area contributed by atoms with Crippen LogP contribution in [-0.4, -0.2) is 36.9 Å². The normalized spacial score (nSPS) is 23.7. The van der Waals surface area contributed by atoms with Gasteiger partial charge in [-0.05, 0) is 75.1 Å². The molecule has 4 unspecified atom stereocenters. The van der Waals surface area contributed by atoms with E-state index in [4.69, 9.17) is 0 Å². The molecule has 0 aliphatic heterocycles. The Morgan fingerprint density at radius 1 is 0.893 bits per heavy atom. The van der Waals surface area contributed by atoms with Crippen LogP contribution in [0.1, 0.15) is 55.2 Å². The van der Waals surface area contributed by atoms with Gasteiger partial charge in [0.15, 0.2) is 0 Å². The first-order valence-electron chi connectivity index (χ1n) is 10.6. The van der Waals surface area contributed by atoms with Gasteiger partial charge < -0.3 is 4.90 Å². The van der Waals surface area contributed by atoms with E-state index in [-0.39, 0.29) is 5.92 Å². The molecule has 1 aliphatic carbocycles. The molecule has 2 aromatic carbocycles. The predicted octanol–water partition coefficient (Wildman–Crippen LogP) is 6.13. The number of aryl methyl sites for hydroxylation is 1. The van der Waals surface area contributed by atoms with Crippen LogP contribution in [0.2, 0.25) is 0 Å². The summed E-state index contributed by atoms with van der Waals surface area (Å²) in [6.45, 7) is 3.35. The number of hydrogen-bond donors (Lipinski definition) is 0. The summed E-state index contributed by atoms with van der Waals surface area (Å²) in [5.74, 6) is 0.166. The van der Waals surface area contributed by atoms with Crippen LogP contribution in [0.5, 0.6) is 0 Å². The quantitative estimate of drug-likeness (QED) is 0.529. The van der Waals surface area contributed by atoms with Crippen LogP contribution < -0.4 is 0 Å². The molecule has 0 amide bonds. The molecule has 3 rings (SSSR count). The smallest absolute Gasteiger partial charge is 0.132 e. The molecule has 0 N–H and O–H groups in total. The predicted molar refractivity (Wildman–Crippen MR) is 113 cm³/mol. The van der Waals surface area contributed by atoms with Gasteiger partial charge in [0, 0.05) is 12.6 Å². The minimum absolute atomic E-state index is 0.166. The lowest BCUT2D eigenvalue weighted by Gasteiger charge is -2.28. The van der Waals surface area contributed by atoms with Crippen molar-refractivity contribution < 1.29 is 8.78 Å². The summed E-state index contributed by atoms with van der Waals surface area (Å²) in [7, 11) is 2.20. The highest BCUT2D eigenvalue weighted by molar-refractivity contribution is 5.26. The average Bonchev–Trinajstić information content (AvgIpc) is 2.73. The third-order valence-corrected chi connectivity index (χ3v) is 6.34. The van der Waals surface area contributed by atoms with E-state index in [9.17, 15) is 8.78 Å². The van der Waals surface area contributed by atoms with Crippen molar-refractivity contribution in [3.63, 3.8) is 0 Å². The van der Waals surface area contributed by atoms with E-state index in [0.29, 0.717) is 18.9 Å². The van der Waals surface area contributed by atoms with E-state index in [1.165, 1.54) is 11.1 Å². The largest absolute Gasteiger partial charge is 0.303 e. The molecule has 152 valence electrons. The van der Waals surface area contributed by atoms with E-state index in [0.717, 1.165) is 37.8 Å². The van der Waals surface area contributed by atoms with Crippen molar-refractivity contribution >= 4 is 0 Å². The van der Waals surface area contributed by atoms with Crippen molar-refractivity contribution in [2.45, 2.75) is 69.8 Å². The number of halogens is 2. The van der Waals surface area contributed by atoms with Gasteiger partial charge in [0.05, 0.1) is 0 Å². The fourth-order valence-corrected chi connectivity index (χ4v) is 4.10. The SMILES string of the molecule is CC(CCc1ccc(C2CCC(F)C(F)C2)cc1)N(C)CCc1ccccc1. The topological polar surface area (TPSA) is 3.24 Å². The number of hydrogen-bond acceptors (Lipinski definition) is 1. The Labute approximate surface area is 168 Å². The Kier molecular flexibility index (Phi) is 7.61. The molecule has 0 bridgehead atoms. The summed E-state index contributed by atoms with van der Waals surface area (Å²) in [6.07, 6.45) is 2.09. The molecule has 0 heterocycles. The molecular weight excluding hydrogens is 352 g/mol. The summed E-state index contributed by atoms with van der Waals surface area (Å²) < 4.78 is 27.0. The zero-order valence-corrected chi connectivity index (χ0v) is 17.2. The lowest BCUT2D eigenvalue weighted by atomic mass is 9.82. The third-order valence-electron chi connectivity index (χ3n) is 6.34. The number of likely N-dealkylation sites (N-methyl/N-ethyl adjacent to an activating group) is 1. The fraction of sp³-hybridized carbons (Fsp3) is 0.520. The summed E-state index contributed by atoms with van der Waals surface area (Å²) in [5.41, 5.74) is 3.86. The highest BCUT2D eigenvalue weighted by Crippen LogP contribution is 2.35. The third kappa shape index (κ3) is 5.88. The van der Waals surface area contributed by atoms with Gasteiger partial charge in [0.1, 0.15) is 12.3 Å². The minimum Gasteiger partial charge on any atom is -0.303 e. The fourth-order valence-electron chi connectivity index (χ4n) is 4.10. The lowest BCUT2D eigenvalue weighted by Crippen LogP contribution is -2.31. The van der Waals surface area contributed by atoms with Crippen molar-refractivity contribution in [2.75, 3.05) is 13.6 Å². The number of benzene rings is 2. The summed E-state index contributed by atoms with van der Waals surface area (Å²) in [5, 5.41) is 0. The average molecular weight is 386 g/mol. The van der Waals surface area contributed by atoms with Gasteiger partial charge >= 0.3 is 0 Å². The minimum atomic E-state index is -1.30. The Bertz CT molecular complexity index is 700. The van der Waals surface area contributed by atoms with E-state index in [1.807, 2.05) is 0 Å².